The quantitative estimate of drug-likeness (QED) is 0.620. The Kier molecular flexibility index (Phi) is 6.00. The molecule has 1 saturated heterocycles. The first-order valence-electron chi connectivity index (χ1n) is 6.83. The number of hydrogen-bond donors (Lipinski definition) is 3. The summed E-state index contributed by atoms with van der Waals surface area (Å²) in [5, 5.41) is 22.7. The van der Waals surface area contributed by atoms with E-state index in [-0.39, 0.29) is 19.0 Å². The number of piperidine rings is 1. The highest BCUT2D eigenvalue weighted by atomic mass is 32.2. The summed E-state index contributed by atoms with van der Waals surface area (Å²) in [6.45, 7) is 2.08. The lowest BCUT2D eigenvalue weighted by Gasteiger charge is -2.21. The first-order valence-corrected chi connectivity index (χ1v) is 7.88. The highest BCUT2D eigenvalue weighted by molar-refractivity contribution is 8.00. The summed E-state index contributed by atoms with van der Waals surface area (Å²) in [5.41, 5.74) is 0.552. The fraction of sp³-hybridized carbons (Fsp3) is 0.667. The van der Waals surface area contributed by atoms with Crippen LogP contribution in [0.1, 0.15) is 18.5 Å². The molecule has 0 bridgehead atoms. The minimum atomic E-state index is -0.978. The normalized spacial score (nSPS) is 15.8. The number of carboxylic acids is 1. The molecule has 0 aliphatic carbocycles. The lowest BCUT2D eigenvalue weighted by Crippen LogP contribution is -2.31. The number of aromatic nitrogens is 3. The van der Waals surface area contributed by atoms with Crippen LogP contribution < -0.4 is 10.6 Å². The standard InChI is InChI=1S/C12H19N5O3S/c18-11(8-21-10-1-3-13-4-2-10)14-5-9-6-17(16-15-9)7-12(19)20/h6,10,13H,1-5,7-8H2,(H,14,18)(H,19,20). The van der Waals surface area contributed by atoms with Gasteiger partial charge in [0.15, 0.2) is 0 Å². The van der Waals surface area contributed by atoms with Crippen LogP contribution in [0, 0.1) is 0 Å². The molecule has 8 nitrogen and oxygen atoms in total. The molecule has 0 atom stereocenters. The summed E-state index contributed by atoms with van der Waals surface area (Å²) in [6.07, 6.45) is 3.72. The molecule has 2 heterocycles. The van der Waals surface area contributed by atoms with Gasteiger partial charge in [-0.1, -0.05) is 5.21 Å². The SMILES string of the molecule is O=C(O)Cn1cc(CNC(=O)CSC2CCNCC2)nn1. The molecule has 0 aromatic carbocycles. The average Bonchev–Trinajstić information content (AvgIpc) is 2.91. The van der Waals surface area contributed by atoms with Gasteiger partial charge in [-0.3, -0.25) is 9.59 Å². The topological polar surface area (TPSA) is 109 Å². The number of nitrogens with one attached hydrogen (secondary N) is 2. The van der Waals surface area contributed by atoms with Crippen LogP contribution in [0.15, 0.2) is 6.20 Å². The van der Waals surface area contributed by atoms with Crippen molar-refractivity contribution in [2.24, 2.45) is 0 Å². The van der Waals surface area contributed by atoms with Crippen molar-refractivity contribution >= 4 is 23.6 Å². The van der Waals surface area contributed by atoms with E-state index in [1.165, 1.54) is 10.9 Å². The van der Waals surface area contributed by atoms with Crippen LogP contribution >= 0.6 is 11.8 Å². The molecule has 1 aliphatic rings. The Bertz CT molecular complexity index is 487. The highest BCUT2D eigenvalue weighted by Gasteiger charge is 2.15. The van der Waals surface area contributed by atoms with Crippen molar-refractivity contribution in [3.63, 3.8) is 0 Å². The molecule has 0 radical (unpaired) electrons. The fourth-order valence-electron chi connectivity index (χ4n) is 2.03. The number of carbonyl (C=O) groups excluding carboxylic acids is 1. The van der Waals surface area contributed by atoms with E-state index in [1.54, 1.807) is 11.8 Å². The second kappa shape index (κ2) is 7.99. The summed E-state index contributed by atoms with van der Waals surface area (Å²) < 4.78 is 1.23. The summed E-state index contributed by atoms with van der Waals surface area (Å²) in [5.74, 6) is -0.575. The molecule has 0 unspecified atom stereocenters. The van der Waals surface area contributed by atoms with Gasteiger partial charge in [0.05, 0.1) is 18.5 Å². The second-order valence-corrected chi connectivity index (χ2v) is 6.13. The first kappa shape index (κ1) is 15.8. The van der Waals surface area contributed by atoms with Crippen molar-refractivity contribution in [3.8, 4) is 0 Å². The summed E-state index contributed by atoms with van der Waals surface area (Å²) >= 11 is 1.68. The Morgan fingerprint density at radius 1 is 1.48 bits per heavy atom. The molecular formula is C12H19N5O3S. The van der Waals surface area contributed by atoms with Gasteiger partial charge in [0, 0.05) is 5.25 Å². The van der Waals surface area contributed by atoms with Gasteiger partial charge in [0.1, 0.15) is 12.2 Å². The second-order valence-electron chi connectivity index (χ2n) is 4.84. The summed E-state index contributed by atoms with van der Waals surface area (Å²) in [4.78, 5) is 22.3. The van der Waals surface area contributed by atoms with Crippen LogP contribution in [0.4, 0.5) is 0 Å². The number of carbonyl (C=O) groups is 2. The van der Waals surface area contributed by atoms with Crippen LogP contribution in [0.25, 0.3) is 0 Å². The zero-order chi connectivity index (χ0) is 15.1. The predicted molar refractivity (Wildman–Crippen MR) is 77.9 cm³/mol. The lowest BCUT2D eigenvalue weighted by molar-refractivity contribution is -0.137. The molecule has 0 spiro atoms. The number of aliphatic carboxylic acids is 1. The van der Waals surface area contributed by atoms with Crippen LogP contribution in [0.3, 0.4) is 0 Å². The van der Waals surface area contributed by atoms with Crippen LogP contribution in [-0.2, 0) is 22.7 Å². The molecule has 116 valence electrons. The number of carboxylic acid groups (broad SMARTS) is 1. The molecule has 1 amide bonds. The molecule has 3 N–H and O–H groups in total. The number of hydrogen-bond acceptors (Lipinski definition) is 6. The molecule has 1 aliphatic heterocycles. The van der Waals surface area contributed by atoms with Crippen molar-refractivity contribution in [1.82, 2.24) is 25.6 Å². The van der Waals surface area contributed by atoms with E-state index in [9.17, 15) is 9.59 Å². The maximum absolute atomic E-state index is 11.7. The Labute approximate surface area is 126 Å². The summed E-state index contributed by atoms with van der Waals surface area (Å²) in [6, 6.07) is 0. The molecule has 2 rings (SSSR count). The van der Waals surface area contributed by atoms with Crippen LogP contribution in [0.2, 0.25) is 0 Å². The Balaban J connectivity index is 1.66. The largest absolute Gasteiger partial charge is 0.480 e. The Hall–Kier alpha value is -1.61. The first-order chi connectivity index (χ1) is 10.1. The van der Waals surface area contributed by atoms with Crippen molar-refractivity contribution < 1.29 is 14.7 Å². The third-order valence-corrected chi connectivity index (χ3v) is 4.46. The van der Waals surface area contributed by atoms with Gasteiger partial charge in [0.25, 0.3) is 0 Å². The van der Waals surface area contributed by atoms with E-state index in [0.717, 1.165) is 25.9 Å². The molecule has 21 heavy (non-hydrogen) atoms. The molecule has 1 aromatic heterocycles. The third kappa shape index (κ3) is 5.72. The Morgan fingerprint density at radius 2 is 2.24 bits per heavy atom. The molecule has 9 heteroatoms. The zero-order valence-corrected chi connectivity index (χ0v) is 12.4. The van der Waals surface area contributed by atoms with Gasteiger partial charge in [-0.2, -0.15) is 0 Å². The van der Waals surface area contributed by atoms with E-state index in [0.29, 0.717) is 16.7 Å². The van der Waals surface area contributed by atoms with E-state index in [4.69, 9.17) is 5.11 Å². The van der Waals surface area contributed by atoms with Gasteiger partial charge < -0.3 is 15.7 Å². The number of amides is 1. The molecule has 1 aromatic rings. The van der Waals surface area contributed by atoms with Crippen molar-refractivity contribution in [3.05, 3.63) is 11.9 Å². The smallest absolute Gasteiger partial charge is 0.325 e. The summed E-state index contributed by atoms with van der Waals surface area (Å²) in [7, 11) is 0. The molecule has 0 saturated carbocycles. The van der Waals surface area contributed by atoms with Gasteiger partial charge in [-0.05, 0) is 25.9 Å². The van der Waals surface area contributed by atoms with Gasteiger partial charge in [0.2, 0.25) is 5.91 Å². The van der Waals surface area contributed by atoms with E-state index < -0.39 is 5.97 Å². The number of thioether (sulfide) groups is 1. The van der Waals surface area contributed by atoms with E-state index in [2.05, 4.69) is 20.9 Å². The number of nitrogens with zero attached hydrogens (tertiary/aromatic N) is 3. The minimum Gasteiger partial charge on any atom is -0.480 e. The minimum absolute atomic E-state index is 0.0358. The highest BCUT2D eigenvalue weighted by Crippen LogP contribution is 2.19. The average molecular weight is 313 g/mol. The van der Waals surface area contributed by atoms with Gasteiger partial charge in [-0.15, -0.1) is 16.9 Å². The number of rotatable bonds is 7. The van der Waals surface area contributed by atoms with Crippen LogP contribution in [0.5, 0.6) is 0 Å². The van der Waals surface area contributed by atoms with Crippen molar-refractivity contribution in [1.29, 1.82) is 0 Å². The Morgan fingerprint density at radius 3 is 2.95 bits per heavy atom. The van der Waals surface area contributed by atoms with Crippen molar-refractivity contribution in [2.45, 2.75) is 31.2 Å². The van der Waals surface area contributed by atoms with E-state index in [1.807, 2.05) is 0 Å². The monoisotopic (exact) mass is 313 g/mol. The maximum Gasteiger partial charge on any atom is 0.325 e. The lowest BCUT2D eigenvalue weighted by atomic mass is 10.2. The van der Waals surface area contributed by atoms with Crippen LogP contribution in [-0.4, -0.2) is 56.1 Å². The molecular weight excluding hydrogens is 294 g/mol. The predicted octanol–water partition coefficient (Wildman–Crippen LogP) is -0.536. The molecule has 1 fully saturated rings. The third-order valence-electron chi connectivity index (χ3n) is 3.09. The maximum atomic E-state index is 11.7. The van der Waals surface area contributed by atoms with Gasteiger partial charge in [-0.25, -0.2) is 4.68 Å². The fourth-order valence-corrected chi connectivity index (χ4v) is 3.09. The zero-order valence-electron chi connectivity index (χ0n) is 11.6. The van der Waals surface area contributed by atoms with E-state index >= 15 is 0 Å². The van der Waals surface area contributed by atoms with Gasteiger partial charge >= 0.3 is 5.97 Å². The van der Waals surface area contributed by atoms with Crippen molar-refractivity contribution in [2.75, 3.05) is 18.8 Å².